The smallest absolute Gasteiger partial charge is 0.193 e. The molecule has 0 aromatic carbocycles. The third-order valence-corrected chi connectivity index (χ3v) is 2.93. The molecule has 0 aliphatic heterocycles. The van der Waals surface area contributed by atoms with Crippen molar-refractivity contribution in [1.29, 1.82) is 0 Å². The molecule has 0 aromatic heterocycles. The molecule has 0 aromatic rings. The molecule has 0 bridgehead atoms. The highest BCUT2D eigenvalue weighted by molar-refractivity contribution is 14.0. The van der Waals surface area contributed by atoms with Gasteiger partial charge in [-0.1, -0.05) is 13.3 Å². The van der Waals surface area contributed by atoms with Gasteiger partial charge in [-0.05, 0) is 24.9 Å². The van der Waals surface area contributed by atoms with E-state index >= 15 is 0 Å². The first kappa shape index (κ1) is 18.7. The van der Waals surface area contributed by atoms with Gasteiger partial charge in [0.05, 0.1) is 0 Å². The van der Waals surface area contributed by atoms with E-state index in [1.807, 2.05) is 18.8 Å². The van der Waals surface area contributed by atoms with Crippen molar-refractivity contribution in [1.82, 2.24) is 10.2 Å². The lowest BCUT2D eigenvalue weighted by atomic mass is 10.3. The number of hydrogen-bond acceptors (Lipinski definition) is 2. The molecule has 0 fully saturated rings. The zero-order valence-electron chi connectivity index (χ0n) is 11.0. The van der Waals surface area contributed by atoms with Gasteiger partial charge in [0, 0.05) is 27.2 Å². The van der Waals surface area contributed by atoms with Crippen LogP contribution >= 0.6 is 35.7 Å². The highest BCUT2D eigenvalue weighted by atomic mass is 127. The van der Waals surface area contributed by atoms with E-state index in [0.717, 1.165) is 19.0 Å². The van der Waals surface area contributed by atoms with Gasteiger partial charge in [-0.2, -0.15) is 11.8 Å². The van der Waals surface area contributed by atoms with Crippen molar-refractivity contribution in [2.24, 2.45) is 4.99 Å². The molecule has 0 aliphatic rings. The Morgan fingerprint density at radius 2 is 2.06 bits per heavy atom. The van der Waals surface area contributed by atoms with E-state index in [2.05, 4.69) is 35.4 Å². The average Bonchev–Trinajstić information content (AvgIpc) is 2.26. The highest BCUT2D eigenvalue weighted by Crippen LogP contribution is 1.95. The summed E-state index contributed by atoms with van der Waals surface area (Å²) in [5.74, 6) is 2.23. The minimum absolute atomic E-state index is 0. The van der Waals surface area contributed by atoms with E-state index in [0.29, 0.717) is 0 Å². The number of aliphatic imine (C=N–C) groups is 1. The number of unbranched alkanes of at least 4 members (excludes halogenated alkanes) is 1. The average molecular weight is 359 g/mol. The van der Waals surface area contributed by atoms with Gasteiger partial charge in [-0.15, -0.1) is 24.0 Å². The summed E-state index contributed by atoms with van der Waals surface area (Å²) in [7, 11) is 3.94. The minimum Gasteiger partial charge on any atom is -0.356 e. The van der Waals surface area contributed by atoms with Gasteiger partial charge < -0.3 is 10.2 Å². The van der Waals surface area contributed by atoms with Crippen molar-refractivity contribution in [2.75, 3.05) is 39.2 Å². The number of thioether (sulfide) groups is 1. The standard InChI is InChI=1S/C11H25N3S.HI/c1-5-6-9-14(3)11(12-2)13-8-7-10-15-4;/h5-10H2,1-4H3,(H,12,13);1H. The van der Waals surface area contributed by atoms with Crippen LogP contribution in [0.5, 0.6) is 0 Å². The van der Waals surface area contributed by atoms with Crippen LogP contribution in [0, 0.1) is 0 Å². The van der Waals surface area contributed by atoms with E-state index in [1.54, 1.807) is 0 Å². The number of hydrogen-bond donors (Lipinski definition) is 1. The van der Waals surface area contributed by atoms with Crippen LogP contribution in [0.25, 0.3) is 0 Å². The number of rotatable bonds is 7. The summed E-state index contributed by atoms with van der Waals surface area (Å²) in [6.07, 6.45) is 5.79. The Bertz CT molecular complexity index is 177. The molecule has 0 amide bonds. The monoisotopic (exact) mass is 359 g/mol. The van der Waals surface area contributed by atoms with Crippen LogP contribution < -0.4 is 5.32 Å². The Hall–Kier alpha value is 0.350. The summed E-state index contributed by atoms with van der Waals surface area (Å²) in [4.78, 5) is 6.46. The van der Waals surface area contributed by atoms with E-state index in [-0.39, 0.29) is 24.0 Å². The fourth-order valence-electron chi connectivity index (χ4n) is 1.30. The molecule has 0 saturated carbocycles. The minimum atomic E-state index is 0. The lowest BCUT2D eigenvalue weighted by Gasteiger charge is -2.21. The van der Waals surface area contributed by atoms with Gasteiger partial charge in [0.15, 0.2) is 5.96 Å². The Morgan fingerprint density at radius 1 is 1.38 bits per heavy atom. The van der Waals surface area contributed by atoms with Crippen LogP contribution in [0.4, 0.5) is 0 Å². The van der Waals surface area contributed by atoms with Crippen LogP contribution in [0.15, 0.2) is 4.99 Å². The summed E-state index contributed by atoms with van der Waals surface area (Å²) in [6.45, 7) is 4.31. The first-order valence-corrected chi connectivity index (χ1v) is 7.06. The third-order valence-electron chi connectivity index (χ3n) is 2.23. The fourth-order valence-corrected chi connectivity index (χ4v) is 1.74. The second-order valence-electron chi connectivity index (χ2n) is 3.60. The van der Waals surface area contributed by atoms with Crippen molar-refractivity contribution >= 4 is 41.7 Å². The number of nitrogens with zero attached hydrogens (tertiary/aromatic N) is 2. The van der Waals surface area contributed by atoms with E-state index < -0.39 is 0 Å². The van der Waals surface area contributed by atoms with Crippen LogP contribution in [0.2, 0.25) is 0 Å². The van der Waals surface area contributed by atoms with Crippen LogP contribution in [0.3, 0.4) is 0 Å². The molecule has 0 spiro atoms. The van der Waals surface area contributed by atoms with Crippen LogP contribution in [-0.4, -0.2) is 50.1 Å². The second-order valence-corrected chi connectivity index (χ2v) is 4.58. The third kappa shape index (κ3) is 9.57. The molecule has 0 saturated heterocycles. The molecule has 0 rings (SSSR count). The number of halogens is 1. The number of guanidine groups is 1. The van der Waals surface area contributed by atoms with Gasteiger partial charge >= 0.3 is 0 Å². The maximum Gasteiger partial charge on any atom is 0.193 e. The summed E-state index contributed by atoms with van der Waals surface area (Å²) in [5.41, 5.74) is 0. The van der Waals surface area contributed by atoms with Crippen molar-refractivity contribution in [3.63, 3.8) is 0 Å². The lowest BCUT2D eigenvalue weighted by Crippen LogP contribution is -2.39. The molecule has 16 heavy (non-hydrogen) atoms. The van der Waals surface area contributed by atoms with Gasteiger partial charge in [0.25, 0.3) is 0 Å². The largest absolute Gasteiger partial charge is 0.356 e. The zero-order chi connectivity index (χ0) is 11.5. The SMILES string of the molecule is CCCCN(C)C(=NC)NCCCSC.I. The maximum atomic E-state index is 4.26. The molecular formula is C11H26IN3S. The summed E-state index contributed by atoms with van der Waals surface area (Å²) < 4.78 is 0. The Balaban J connectivity index is 0. The van der Waals surface area contributed by atoms with Crippen molar-refractivity contribution < 1.29 is 0 Å². The Labute approximate surface area is 122 Å². The molecule has 0 heterocycles. The fraction of sp³-hybridized carbons (Fsp3) is 0.909. The molecule has 0 aliphatic carbocycles. The van der Waals surface area contributed by atoms with E-state index in [9.17, 15) is 0 Å². The predicted molar refractivity (Wildman–Crippen MR) is 87.3 cm³/mol. The predicted octanol–water partition coefficient (Wildman–Crippen LogP) is 2.66. The van der Waals surface area contributed by atoms with Crippen molar-refractivity contribution in [3.05, 3.63) is 0 Å². The molecule has 3 nitrogen and oxygen atoms in total. The summed E-state index contributed by atoms with van der Waals surface area (Å²) >= 11 is 1.89. The molecule has 5 heteroatoms. The quantitative estimate of drug-likeness (QED) is 0.328. The molecule has 0 radical (unpaired) electrons. The highest BCUT2D eigenvalue weighted by Gasteiger charge is 2.03. The Kier molecular flexibility index (Phi) is 15.7. The van der Waals surface area contributed by atoms with E-state index in [1.165, 1.54) is 25.0 Å². The van der Waals surface area contributed by atoms with Crippen molar-refractivity contribution in [2.45, 2.75) is 26.2 Å². The molecule has 0 unspecified atom stereocenters. The van der Waals surface area contributed by atoms with Gasteiger partial charge in [0.1, 0.15) is 0 Å². The van der Waals surface area contributed by atoms with Crippen LogP contribution in [-0.2, 0) is 0 Å². The van der Waals surface area contributed by atoms with Crippen LogP contribution in [0.1, 0.15) is 26.2 Å². The van der Waals surface area contributed by atoms with Gasteiger partial charge in [-0.3, -0.25) is 4.99 Å². The topological polar surface area (TPSA) is 27.6 Å². The van der Waals surface area contributed by atoms with Gasteiger partial charge in [0.2, 0.25) is 0 Å². The first-order chi connectivity index (χ1) is 7.26. The molecule has 0 atom stereocenters. The first-order valence-electron chi connectivity index (χ1n) is 5.67. The van der Waals surface area contributed by atoms with E-state index in [4.69, 9.17) is 0 Å². The lowest BCUT2D eigenvalue weighted by molar-refractivity contribution is 0.465. The molecule has 98 valence electrons. The molecule has 1 N–H and O–H groups in total. The second kappa shape index (κ2) is 13.4. The summed E-state index contributed by atoms with van der Waals surface area (Å²) in [5, 5.41) is 3.38. The number of nitrogens with one attached hydrogen (secondary N) is 1. The maximum absolute atomic E-state index is 4.26. The normalized spacial score (nSPS) is 10.9. The Morgan fingerprint density at radius 3 is 2.56 bits per heavy atom. The van der Waals surface area contributed by atoms with Crippen molar-refractivity contribution in [3.8, 4) is 0 Å². The summed E-state index contributed by atoms with van der Waals surface area (Å²) in [6, 6.07) is 0. The zero-order valence-corrected chi connectivity index (χ0v) is 14.1. The van der Waals surface area contributed by atoms with Gasteiger partial charge in [-0.25, -0.2) is 0 Å². The molecular weight excluding hydrogens is 333 g/mol.